The highest BCUT2D eigenvalue weighted by Crippen LogP contribution is 2.30. The van der Waals surface area contributed by atoms with Gasteiger partial charge in [0.1, 0.15) is 6.04 Å². The van der Waals surface area contributed by atoms with Crippen LogP contribution in [0, 0.1) is 0 Å². The fourth-order valence-electron chi connectivity index (χ4n) is 2.70. The zero-order valence-electron chi connectivity index (χ0n) is 12.0. The Morgan fingerprint density at radius 1 is 1.41 bits per heavy atom. The Morgan fingerprint density at radius 2 is 2.18 bits per heavy atom. The molecule has 7 heteroatoms. The third-order valence-electron chi connectivity index (χ3n) is 3.79. The molecule has 2 N–H and O–H groups in total. The van der Waals surface area contributed by atoms with Crippen molar-refractivity contribution in [1.82, 2.24) is 15.0 Å². The van der Waals surface area contributed by atoms with Crippen molar-refractivity contribution in [2.24, 2.45) is 5.73 Å². The molecule has 116 valence electrons. The molecule has 22 heavy (non-hydrogen) atoms. The summed E-state index contributed by atoms with van der Waals surface area (Å²) < 4.78 is 6.40. The number of benzene rings is 1. The van der Waals surface area contributed by atoms with Crippen molar-refractivity contribution in [1.29, 1.82) is 0 Å². The number of nitrogens with two attached hydrogens (primary N) is 1. The number of nitrogens with zero attached hydrogens (tertiary/aromatic N) is 3. The molecule has 1 aliphatic heterocycles. The van der Waals surface area contributed by atoms with Crippen molar-refractivity contribution in [2.75, 3.05) is 13.1 Å². The number of hydrogen-bond donors (Lipinski definition) is 1. The monoisotopic (exact) mass is 364 g/mol. The first-order valence-corrected chi connectivity index (χ1v) is 8.03. The first-order valence-electron chi connectivity index (χ1n) is 7.24. The molecule has 1 fully saturated rings. The number of halogens is 1. The second kappa shape index (κ2) is 6.58. The normalized spacial score (nSPS) is 17.9. The van der Waals surface area contributed by atoms with E-state index < -0.39 is 0 Å². The Balaban J connectivity index is 1.73. The van der Waals surface area contributed by atoms with Gasteiger partial charge in [0, 0.05) is 17.4 Å². The van der Waals surface area contributed by atoms with E-state index >= 15 is 0 Å². The van der Waals surface area contributed by atoms with Crippen LogP contribution in [0.15, 0.2) is 33.3 Å². The summed E-state index contributed by atoms with van der Waals surface area (Å²) in [5.41, 5.74) is 6.56. The standard InChI is InChI=1S/C15H17BrN4O2/c16-11-5-3-10(4-6-11)8-13-18-15(22-19-13)12-2-1-7-20(12)14(21)9-17/h3-6,12H,1-2,7-9,17H2/t12-/m0/s1. The summed E-state index contributed by atoms with van der Waals surface area (Å²) in [6.45, 7) is 0.710. The van der Waals surface area contributed by atoms with Crippen LogP contribution >= 0.6 is 15.9 Å². The van der Waals surface area contributed by atoms with E-state index in [0.29, 0.717) is 24.7 Å². The minimum absolute atomic E-state index is 0.0103. The van der Waals surface area contributed by atoms with E-state index in [4.69, 9.17) is 10.3 Å². The van der Waals surface area contributed by atoms with Crippen LogP contribution < -0.4 is 5.73 Å². The molecule has 1 aromatic carbocycles. The summed E-state index contributed by atoms with van der Waals surface area (Å²) in [5.74, 6) is 1.06. The van der Waals surface area contributed by atoms with Gasteiger partial charge in [-0.2, -0.15) is 4.98 Å². The lowest BCUT2D eigenvalue weighted by Gasteiger charge is -2.20. The van der Waals surface area contributed by atoms with E-state index in [0.717, 1.165) is 22.9 Å². The average molecular weight is 365 g/mol. The maximum Gasteiger partial charge on any atom is 0.249 e. The molecule has 0 aliphatic carbocycles. The van der Waals surface area contributed by atoms with Crippen LogP contribution in [0.25, 0.3) is 0 Å². The van der Waals surface area contributed by atoms with Crippen LogP contribution in [0.5, 0.6) is 0 Å². The summed E-state index contributed by atoms with van der Waals surface area (Å²) >= 11 is 3.41. The molecule has 0 unspecified atom stereocenters. The number of amides is 1. The molecule has 1 atom stereocenters. The fourth-order valence-corrected chi connectivity index (χ4v) is 2.96. The lowest BCUT2D eigenvalue weighted by Crippen LogP contribution is -2.35. The second-order valence-electron chi connectivity index (χ2n) is 5.30. The molecular weight excluding hydrogens is 348 g/mol. The zero-order valence-corrected chi connectivity index (χ0v) is 13.6. The van der Waals surface area contributed by atoms with Crippen molar-refractivity contribution in [2.45, 2.75) is 25.3 Å². The van der Waals surface area contributed by atoms with E-state index in [1.165, 1.54) is 0 Å². The first-order chi connectivity index (χ1) is 10.7. The van der Waals surface area contributed by atoms with Gasteiger partial charge in [-0.25, -0.2) is 0 Å². The number of aromatic nitrogens is 2. The second-order valence-corrected chi connectivity index (χ2v) is 6.22. The third kappa shape index (κ3) is 3.20. The van der Waals surface area contributed by atoms with Gasteiger partial charge in [-0.1, -0.05) is 33.2 Å². The van der Waals surface area contributed by atoms with E-state index in [1.807, 2.05) is 24.3 Å². The molecular formula is C15H17BrN4O2. The van der Waals surface area contributed by atoms with Gasteiger partial charge in [0.2, 0.25) is 11.8 Å². The highest BCUT2D eigenvalue weighted by Gasteiger charge is 2.33. The molecule has 0 bridgehead atoms. The molecule has 0 spiro atoms. The molecule has 1 amide bonds. The zero-order chi connectivity index (χ0) is 15.5. The number of carbonyl (C=O) groups excluding carboxylic acids is 1. The van der Waals surface area contributed by atoms with Crippen LogP contribution in [-0.4, -0.2) is 34.0 Å². The summed E-state index contributed by atoms with van der Waals surface area (Å²) in [4.78, 5) is 18.0. The van der Waals surface area contributed by atoms with Crippen LogP contribution in [-0.2, 0) is 11.2 Å². The number of likely N-dealkylation sites (tertiary alicyclic amines) is 1. The van der Waals surface area contributed by atoms with Crippen molar-refractivity contribution in [3.8, 4) is 0 Å². The van der Waals surface area contributed by atoms with Gasteiger partial charge in [0.15, 0.2) is 5.82 Å². The molecule has 3 rings (SSSR count). The van der Waals surface area contributed by atoms with Crippen molar-refractivity contribution >= 4 is 21.8 Å². The lowest BCUT2D eigenvalue weighted by atomic mass is 10.1. The number of carbonyl (C=O) groups is 1. The minimum atomic E-state index is -0.137. The summed E-state index contributed by atoms with van der Waals surface area (Å²) in [6, 6.07) is 7.85. The number of rotatable bonds is 4. The SMILES string of the molecule is NCC(=O)N1CCC[C@H]1c1nc(Cc2ccc(Br)cc2)no1. The van der Waals surface area contributed by atoms with Crippen LogP contribution in [0.3, 0.4) is 0 Å². The third-order valence-corrected chi connectivity index (χ3v) is 4.32. The van der Waals surface area contributed by atoms with Gasteiger partial charge in [-0.05, 0) is 30.5 Å². The average Bonchev–Trinajstić information content (AvgIpc) is 3.17. The Bertz CT molecular complexity index is 656. The van der Waals surface area contributed by atoms with E-state index in [2.05, 4.69) is 26.1 Å². The van der Waals surface area contributed by atoms with E-state index in [-0.39, 0.29) is 18.5 Å². The van der Waals surface area contributed by atoms with Gasteiger partial charge in [0.25, 0.3) is 0 Å². The van der Waals surface area contributed by atoms with Crippen molar-refractivity contribution in [3.63, 3.8) is 0 Å². The molecule has 1 aliphatic rings. The maximum absolute atomic E-state index is 11.8. The highest BCUT2D eigenvalue weighted by molar-refractivity contribution is 9.10. The van der Waals surface area contributed by atoms with Gasteiger partial charge in [-0.15, -0.1) is 0 Å². The summed E-state index contributed by atoms with van der Waals surface area (Å²) in [7, 11) is 0. The predicted octanol–water partition coefficient (Wildman–Crippen LogP) is 2.05. The minimum Gasteiger partial charge on any atom is -0.337 e. The molecule has 6 nitrogen and oxygen atoms in total. The Hall–Kier alpha value is -1.73. The summed E-state index contributed by atoms with van der Waals surface area (Å²) in [5, 5.41) is 4.03. The topological polar surface area (TPSA) is 85.3 Å². The molecule has 0 saturated carbocycles. The molecule has 1 aromatic heterocycles. The summed E-state index contributed by atoms with van der Waals surface area (Å²) in [6.07, 6.45) is 2.38. The molecule has 0 radical (unpaired) electrons. The highest BCUT2D eigenvalue weighted by atomic mass is 79.9. The molecule has 2 aromatic rings. The van der Waals surface area contributed by atoms with Crippen molar-refractivity contribution in [3.05, 3.63) is 46.0 Å². The van der Waals surface area contributed by atoms with Gasteiger partial charge in [-0.3, -0.25) is 4.79 Å². The smallest absolute Gasteiger partial charge is 0.249 e. The fraction of sp³-hybridized carbons (Fsp3) is 0.400. The van der Waals surface area contributed by atoms with Gasteiger partial charge < -0.3 is 15.2 Å². The Morgan fingerprint density at radius 3 is 2.91 bits per heavy atom. The quantitative estimate of drug-likeness (QED) is 0.896. The Labute approximate surface area is 136 Å². The van der Waals surface area contributed by atoms with Crippen LogP contribution in [0.2, 0.25) is 0 Å². The van der Waals surface area contributed by atoms with Crippen molar-refractivity contribution < 1.29 is 9.32 Å². The lowest BCUT2D eigenvalue weighted by molar-refractivity contribution is -0.131. The van der Waals surface area contributed by atoms with E-state index in [1.54, 1.807) is 4.90 Å². The van der Waals surface area contributed by atoms with Crippen LogP contribution in [0.4, 0.5) is 0 Å². The largest absolute Gasteiger partial charge is 0.337 e. The van der Waals surface area contributed by atoms with E-state index in [9.17, 15) is 4.79 Å². The Kier molecular flexibility index (Phi) is 4.54. The van der Waals surface area contributed by atoms with Gasteiger partial charge in [0.05, 0.1) is 6.54 Å². The molecule has 1 saturated heterocycles. The predicted molar refractivity (Wildman–Crippen MR) is 84.0 cm³/mol. The molecule has 2 heterocycles. The number of hydrogen-bond acceptors (Lipinski definition) is 5. The maximum atomic E-state index is 11.8. The van der Waals surface area contributed by atoms with Gasteiger partial charge >= 0.3 is 0 Å². The first kappa shape index (κ1) is 15.2. The van der Waals surface area contributed by atoms with Crippen LogP contribution in [0.1, 0.15) is 36.2 Å².